The fourth-order valence-electron chi connectivity index (χ4n) is 2.64. The van der Waals surface area contributed by atoms with Crippen molar-refractivity contribution in [2.45, 2.75) is 19.3 Å². The highest BCUT2D eigenvalue weighted by atomic mass is 16.5. The Balaban J connectivity index is 1.82. The molecule has 3 N–H and O–H groups in total. The summed E-state index contributed by atoms with van der Waals surface area (Å²) in [4.78, 5) is 15.0. The summed E-state index contributed by atoms with van der Waals surface area (Å²) in [6.45, 7) is 0. The lowest BCUT2D eigenvalue weighted by Crippen LogP contribution is -2.22. The van der Waals surface area contributed by atoms with Crippen molar-refractivity contribution in [3.63, 3.8) is 0 Å². The van der Waals surface area contributed by atoms with Crippen molar-refractivity contribution in [2.75, 3.05) is 5.73 Å². The van der Waals surface area contributed by atoms with Gasteiger partial charge in [0.1, 0.15) is 17.3 Å². The molecule has 0 saturated carbocycles. The van der Waals surface area contributed by atoms with Crippen LogP contribution in [0.25, 0.3) is 0 Å². The lowest BCUT2D eigenvalue weighted by molar-refractivity contribution is -0.142. The number of anilines is 1. The van der Waals surface area contributed by atoms with Gasteiger partial charge in [0.05, 0.1) is 5.92 Å². The number of fused-ring (bicyclic) bond motifs is 1. The average molecular weight is 284 g/mol. The molecule has 3 rings (SSSR count). The molecule has 1 unspecified atom stereocenters. The number of benzene rings is 1. The number of carbonyl (C=O) groups is 1. The van der Waals surface area contributed by atoms with Crippen molar-refractivity contribution in [2.24, 2.45) is 5.92 Å². The van der Waals surface area contributed by atoms with E-state index in [1.165, 1.54) is 5.56 Å². The summed E-state index contributed by atoms with van der Waals surface area (Å²) in [6, 6.07) is 9.21. The fourth-order valence-corrected chi connectivity index (χ4v) is 2.64. The number of aromatic nitrogens is 1. The molecule has 21 heavy (non-hydrogen) atoms. The highest BCUT2D eigenvalue weighted by Gasteiger charge is 2.24. The van der Waals surface area contributed by atoms with Gasteiger partial charge < -0.3 is 15.6 Å². The van der Waals surface area contributed by atoms with Crippen LogP contribution in [0.3, 0.4) is 0 Å². The first kappa shape index (κ1) is 13.4. The molecule has 5 nitrogen and oxygen atoms in total. The first-order valence-electron chi connectivity index (χ1n) is 6.86. The first-order chi connectivity index (χ1) is 10.1. The van der Waals surface area contributed by atoms with Gasteiger partial charge in [0, 0.05) is 12.3 Å². The number of aryl methyl sites for hydroxylation is 1. The molecular weight excluding hydrogens is 268 g/mol. The van der Waals surface area contributed by atoms with Crippen molar-refractivity contribution in [3.05, 3.63) is 47.7 Å². The van der Waals surface area contributed by atoms with E-state index < -0.39 is 5.97 Å². The van der Waals surface area contributed by atoms with Gasteiger partial charge in [-0.1, -0.05) is 6.07 Å². The van der Waals surface area contributed by atoms with Crippen LogP contribution in [0.1, 0.15) is 17.5 Å². The minimum absolute atomic E-state index is 0.302. The van der Waals surface area contributed by atoms with Crippen molar-refractivity contribution in [1.82, 2.24) is 4.98 Å². The highest BCUT2D eigenvalue weighted by molar-refractivity contribution is 5.71. The monoisotopic (exact) mass is 284 g/mol. The van der Waals surface area contributed by atoms with Crippen LogP contribution in [0.2, 0.25) is 0 Å². The third-order valence-electron chi connectivity index (χ3n) is 3.74. The van der Waals surface area contributed by atoms with Crippen LogP contribution >= 0.6 is 0 Å². The van der Waals surface area contributed by atoms with E-state index in [-0.39, 0.29) is 5.92 Å². The molecule has 1 aromatic heterocycles. The smallest absolute Gasteiger partial charge is 0.306 e. The molecule has 0 amide bonds. The lowest BCUT2D eigenvalue weighted by Gasteiger charge is -2.22. The van der Waals surface area contributed by atoms with Gasteiger partial charge >= 0.3 is 5.97 Å². The molecule has 1 aromatic carbocycles. The zero-order chi connectivity index (χ0) is 14.8. The normalized spacial score (nSPS) is 17.0. The second kappa shape index (κ2) is 5.44. The van der Waals surface area contributed by atoms with Crippen molar-refractivity contribution in [3.8, 4) is 11.5 Å². The van der Waals surface area contributed by atoms with Gasteiger partial charge in [-0.15, -0.1) is 0 Å². The third kappa shape index (κ3) is 2.97. The molecule has 0 aliphatic heterocycles. The second-order valence-corrected chi connectivity index (χ2v) is 5.23. The fraction of sp³-hybridized carbons (Fsp3) is 0.250. The molecular formula is C16H16N2O3. The SMILES string of the molecule is Nc1cc(Oc2ccc3c(c2)CC(C(=O)O)CC3)ccn1. The zero-order valence-electron chi connectivity index (χ0n) is 11.5. The quantitative estimate of drug-likeness (QED) is 0.905. The minimum Gasteiger partial charge on any atom is -0.481 e. The summed E-state index contributed by atoms with van der Waals surface area (Å²) in [5.74, 6) is 0.674. The summed E-state index contributed by atoms with van der Waals surface area (Å²) in [5, 5.41) is 9.15. The Bertz CT molecular complexity index is 685. The number of pyridine rings is 1. The Hall–Kier alpha value is -2.56. The topological polar surface area (TPSA) is 85.4 Å². The molecule has 5 heteroatoms. The van der Waals surface area contributed by atoms with Gasteiger partial charge in [0.2, 0.25) is 0 Å². The maximum absolute atomic E-state index is 11.1. The summed E-state index contributed by atoms with van der Waals surface area (Å²) in [7, 11) is 0. The van der Waals surface area contributed by atoms with Crippen molar-refractivity contribution >= 4 is 11.8 Å². The summed E-state index contributed by atoms with van der Waals surface area (Å²) in [5.41, 5.74) is 7.87. The molecule has 0 saturated heterocycles. The van der Waals surface area contributed by atoms with Gasteiger partial charge in [-0.25, -0.2) is 4.98 Å². The predicted molar refractivity (Wildman–Crippen MR) is 78.3 cm³/mol. The second-order valence-electron chi connectivity index (χ2n) is 5.23. The lowest BCUT2D eigenvalue weighted by atomic mass is 9.84. The van der Waals surface area contributed by atoms with E-state index in [1.807, 2.05) is 18.2 Å². The van der Waals surface area contributed by atoms with E-state index >= 15 is 0 Å². The predicted octanol–water partition coefficient (Wildman–Crippen LogP) is 2.65. The van der Waals surface area contributed by atoms with E-state index in [9.17, 15) is 4.79 Å². The number of nitrogens with zero attached hydrogens (tertiary/aromatic N) is 1. The molecule has 2 aromatic rings. The first-order valence-corrected chi connectivity index (χ1v) is 6.86. The molecule has 0 radical (unpaired) electrons. The number of hydrogen-bond acceptors (Lipinski definition) is 4. The van der Waals surface area contributed by atoms with Crippen LogP contribution in [0.5, 0.6) is 11.5 Å². The van der Waals surface area contributed by atoms with Crippen LogP contribution in [0, 0.1) is 5.92 Å². The van der Waals surface area contributed by atoms with E-state index in [1.54, 1.807) is 18.3 Å². The maximum atomic E-state index is 11.1. The molecule has 1 aliphatic carbocycles. The molecule has 0 spiro atoms. The number of hydrogen-bond donors (Lipinski definition) is 2. The number of ether oxygens (including phenoxy) is 1. The number of aliphatic carboxylic acids is 1. The standard InChI is InChI=1S/C16H16N2O3/c17-15-9-14(5-6-18-15)21-13-4-3-10-1-2-11(16(19)20)7-12(10)8-13/h3-6,8-9,11H,1-2,7H2,(H2,17,18)(H,19,20). The van der Waals surface area contributed by atoms with Crippen molar-refractivity contribution in [1.29, 1.82) is 0 Å². The van der Waals surface area contributed by atoms with Gasteiger partial charge in [-0.3, -0.25) is 4.79 Å². The minimum atomic E-state index is -0.728. The Morgan fingerprint density at radius 2 is 2.05 bits per heavy atom. The van der Waals surface area contributed by atoms with Gasteiger partial charge in [0.15, 0.2) is 0 Å². The van der Waals surface area contributed by atoms with Crippen molar-refractivity contribution < 1.29 is 14.6 Å². The summed E-state index contributed by atoms with van der Waals surface area (Å²) in [6.07, 6.45) is 3.64. The third-order valence-corrected chi connectivity index (χ3v) is 3.74. The number of rotatable bonds is 3. The van der Waals surface area contributed by atoms with E-state index in [0.29, 0.717) is 30.2 Å². The Morgan fingerprint density at radius 3 is 2.81 bits per heavy atom. The van der Waals surface area contributed by atoms with Crippen LogP contribution in [0.15, 0.2) is 36.5 Å². The van der Waals surface area contributed by atoms with Gasteiger partial charge in [0.25, 0.3) is 0 Å². The average Bonchev–Trinajstić information content (AvgIpc) is 2.46. The Labute approximate surface area is 122 Å². The van der Waals surface area contributed by atoms with E-state index in [2.05, 4.69) is 4.98 Å². The molecule has 108 valence electrons. The number of nitrogen functional groups attached to an aromatic ring is 1. The summed E-state index contributed by atoms with van der Waals surface area (Å²) >= 11 is 0. The van der Waals surface area contributed by atoms with Gasteiger partial charge in [-0.05, 0) is 48.6 Å². The van der Waals surface area contributed by atoms with Crippen LogP contribution in [-0.4, -0.2) is 16.1 Å². The number of carboxylic acid groups (broad SMARTS) is 1. The molecule has 1 heterocycles. The maximum Gasteiger partial charge on any atom is 0.306 e. The van der Waals surface area contributed by atoms with Crippen LogP contribution in [0.4, 0.5) is 5.82 Å². The Kier molecular flexibility index (Phi) is 3.48. The highest BCUT2D eigenvalue weighted by Crippen LogP contribution is 2.30. The largest absolute Gasteiger partial charge is 0.481 e. The van der Waals surface area contributed by atoms with Crippen LogP contribution < -0.4 is 10.5 Å². The number of nitrogens with two attached hydrogens (primary N) is 1. The number of carboxylic acids is 1. The van der Waals surface area contributed by atoms with E-state index in [0.717, 1.165) is 12.0 Å². The molecule has 1 aliphatic rings. The zero-order valence-corrected chi connectivity index (χ0v) is 11.5. The van der Waals surface area contributed by atoms with Crippen LogP contribution in [-0.2, 0) is 17.6 Å². The van der Waals surface area contributed by atoms with E-state index in [4.69, 9.17) is 15.6 Å². The molecule has 1 atom stereocenters. The molecule has 0 bridgehead atoms. The Morgan fingerprint density at radius 1 is 1.24 bits per heavy atom. The van der Waals surface area contributed by atoms with Gasteiger partial charge in [-0.2, -0.15) is 0 Å². The molecule has 0 fully saturated rings. The summed E-state index contributed by atoms with van der Waals surface area (Å²) < 4.78 is 5.75.